The maximum atomic E-state index is 11.1. The second kappa shape index (κ2) is 7.61. The molecule has 0 aliphatic rings. The molecule has 3 N–H and O–H groups in total. The molecule has 0 rings (SSSR count). The first kappa shape index (κ1) is 14.3. The van der Waals surface area contributed by atoms with E-state index in [2.05, 4.69) is 10.0 Å². The summed E-state index contributed by atoms with van der Waals surface area (Å²) in [5.74, 6) is -0.126. The monoisotopic (exact) mass is 238 g/mol. The van der Waals surface area contributed by atoms with Crippen molar-refractivity contribution in [2.24, 2.45) is 0 Å². The number of amides is 1. The van der Waals surface area contributed by atoms with Gasteiger partial charge >= 0.3 is 0 Å². The number of carbonyl (C=O) groups is 1. The third-order valence-corrected chi connectivity index (χ3v) is 2.35. The average molecular weight is 238 g/mol. The zero-order valence-electron chi connectivity index (χ0n) is 8.82. The van der Waals surface area contributed by atoms with Crippen molar-refractivity contribution in [1.29, 1.82) is 0 Å². The molecular formula is C8H18N2O4S. The van der Waals surface area contributed by atoms with E-state index in [0.29, 0.717) is 19.3 Å². The molecule has 0 aromatic carbocycles. The Balaban J connectivity index is 3.39. The van der Waals surface area contributed by atoms with Gasteiger partial charge < -0.3 is 10.4 Å². The van der Waals surface area contributed by atoms with Gasteiger partial charge in [-0.3, -0.25) is 4.79 Å². The highest BCUT2D eigenvalue weighted by Gasteiger charge is 2.01. The second-order valence-electron chi connectivity index (χ2n) is 3.20. The van der Waals surface area contributed by atoms with Gasteiger partial charge in [0.2, 0.25) is 15.9 Å². The zero-order chi connectivity index (χ0) is 11.7. The van der Waals surface area contributed by atoms with Crippen LogP contribution in [0.1, 0.15) is 19.3 Å². The lowest BCUT2D eigenvalue weighted by atomic mass is 10.2. The Kier molecular flexibility index (Phi) is 7.27. The number of carbonyl (C=O) groups excluding carboxylic acids is 1. The number of rotatable bonds is 8. The zero-order valence-corrected chi connectivity index (χ0v) is 9.64. The normalized spacial score (nSPS) is 11.3. The lowest BCUT2D eigenvalue weighted by Crippen LogP contribution is -2.34. The summed E-state index contributed by atoms with van der Waals surface area (Å²) >= 11 is 0. The number of aliphatic hydroxyl groups excluding tert-OH is 1. The van der Waals surface area contributed by atoms with Crippen LogP contribution in [0.4, 0.5) is 0 Å². The second-order valence-corrected chi connectivity index (χ2v) is 5.03. The van der Waals surface area contributed by atoms with Crippen LogP contribution in [0.25, 0.3) is 0 Å². The molecule has 0 saturated heterocycles. The molecule has 0 radical (unpaired) electrons. The van der Waals surface area contributed by atoms with E-state index in [1.807, 2.05) is 0 Å². The number of nitrogens with one attached hydrogen (secondary N) is 2. The molecule has 0 fully saturated rings. The first-order valence-electron chi connectivity index (χ1n) is 4.78. The smallest absolute Gasteiger partial charge is 0.220 e. The minimum Gasteiger partial charge on any atom is -0.396 e. The minimum atomic E-state index is -3.18. The summed E-state index contributed by atoms with van der Waals surface area (Å²) in [6.45, 7) is 0.568. The first-order chi connectivity index (χ1) is 6.95. The third-order valence-electron chi connectivity index (χ3n) is 1.62. The number of hydrogen-bond donors (Lipinski definition) is 3. The molecule has 0 unspecified atom stereocenters. The summed E-state index contributed by atoms with van der Waals surface area (Å²) in [5.41, 5.74) is 0. The predicted octanol–water partition coefficient (Wildman–Crippen LogP) is -1.19. The topological polar surface area (TPSA) is 95.5 Å². The van der Waals surface area contributed by atoms with Crippen LogP contribution < -0.4 is 10.0 Å². The molecule has 90 valence electrons. The molecule has 1 amide bonds. The molecule has 0 aliphatic heterocycles. The molecule has 0 aromatic heterocycles. The van der Waals surface area contributed by atoms with Crippen LogP contribution in [0.5, 0.6) is 0 Å². The molecule has 0 heterocycles. The van der Waals surface area contributed by atoms with Crippen LogP contribution in [-0.4, -0.2) is 45.4 Å². The predicted molar refractivity (Wildman–Crippen MR) is 56.8 cm³/mol. The van der Waals surface area contributed by atoms with Crippen LogP contribution in [0, 0.1) is 0 Å². The maximum absolute atomic E-state index is 11.1. The highest BCUT2D eigenvalue weighted by molar-refractivity contribution is 7.88. The molecular weight excluding hydrogens is 220 g/mol. The minimum absolute atomic E-state index is 0.0862. The fourth-order valence-corrected chi connectivity index (χ4v) is 1.40. The van der Waals surface area contributed by atoms with Crippen LogP contribution in [0.15, 0.2) is 0 Å². The largest absolute Gasteiger partial charge is 0.396 e. The molecule has 0 atom stereocenters. The summed E-state index contributed by atoms with van der Waals surface area (Å²) in [5, 5.41) is 11.0. The lowest BCUT2D eigenvalue weighted by molar-refractivity contribution is -0.121. The number of hydrogen-bond acceptors (Lipinski definition) is 4. The van der Waals surface area contributed by atoms with Crippen LogP contribution in [0.2, 0.25) is 0 Å². The maximum Gasteiger partial charge on any atom is 0.220 e. The van der Waals surface area contributed by atoms with E-state index in [9.17, 15) is 13.2 Å². The van der Waals surface area contributed by atoms with Crippen LogP contribution in [0.3, 0.4) is 0 Å². The van der Waals surface area contributed by atoms with Gasteiger partial charge in [0, 0.05) is 26.1 Å². The summed E-state index contributed by atoms with van der Waals surface area (Å²) < 4.78 is 23.5. The fourth-order valence-electron chi connectivity index (χ4n) is 0.924. The van der Waals surface area contributed by atoms with Crippen molar-refractivity contribution in [3.8, 4) is 0 Å². The van der Waals surface area contributed by atoms with E-state index in [4.69, 9.17) is 5.11 Å². The van der Waals surface area contributed by atoms with Gasteiger partial charge in [0.25, 0.3) is 0 Å². The Bertz CT molecular complexity index is 276. The average Bonchev–Trinajstić information content (AvgIpc) is 2.11. The highest BCUT2D eigenvalue weighted by Crippen LogP contribution is 1.92. The third kappa shape index (κ3) is 11.3. The van der Waals surface area contributed by atoms with E-state index >= 15 is 0 Å². The van der Waals surface area contributed by atoms with Gasteiger partial charge in [-0.1, -0.05) is 0 Å². The summed E-state index contributed by atoms with van der Waals surface area (Å²) in [6, 6.07) is 0. The van der Waals surface area contributed by atoms with Crippen molar-refractivity contribution in [1.82, 2.24) is 10.0 Å². The molecule has 7 heteroatoms. The van der Waals surface area contributed by atoms with E-state index in [1.165, 1.54) is 0 Å². The van der Waals surface area contributed by atoms with Crippen LogP contribution in [-0.2, 0) is 14.8 Å². The Morgan fingerprint density at radius 2 is 1.93 bits per heavy atom. The number of unbranched alkanes of at least 4 members (excludes halogenated alkanes) is 1. The lowest BCUT2D eigenvalue weighted by Gasteiger charge is -2.05. The van der Waals surface area contributed by atoms with Crippen molar-refractivity contribution in [2.45, 2.75) is 19.3 Å². The highest BCUT2D eigenvalue weighted by atomic mass is 32.2. The van der Waals surface area contributed by atoms with Gasteiger partial charge in [0.15, 0.2) is 0 Å². The summed E-state index contributed by atoms with van der Waals surface area (Å²) in [4.78, 5) is 11.1. The van der Waals surface area contributed by atoms with E-state index in [-0.39, 0.29) is 25.6 Å². The molecule has 6 nitrogen and oxygen atoms in total. The summed E-state index contributed by atoms with van der Waals surface area (Å²) in [6.07, 6.45) is 2.67. The van der Waals surface area contributed by atoms with Crippen LogP contribution >= 0.6 is 0 Å². The van der Waals surface area contributed by atoms with E-state index in [0.717, 1.165) is 6.26 Å². The standard InChI is InChI=1S/C8H18N2O4S/c1-15(13,14)10-6-5-9-8(12)4-2-3-7-11/h10-11H,2-7H2,1H3,(H,9,12). The Hall–Kier alpha value is -0.660. The van der Waals surface area contributed by atoms with Crippen molar-refractivity contribution >= 4 is 15.9 Å². The van der Waals surface area contributed by atoms with Crippen molar-refractivity contribution in [3.05, 3.63) is 0 Å². The van der Waals surface area contributed by atoms with Gasteiger partial charge in [-0.25, -0.2) is 13.1 Å². The quantitative estimate of drug-likeness (QED) is 0.464. The van der Waals surface area contributed by atoms with Gasteiger partial charge in [0.05, 0.1) is 6.26 Å². The molecule has 0 aromatic rings. The molecule has 0 bridgehead atoms. The van der Waals surface area contributed by atoms with Gasteiger partial charge in [-0.05, 0) is 12.8 Å². The number of sulfonamides is 1. The van der Waals surface area contributed by atoms with Gasteiger partial charge in [-0.2, -0.15) is 0 Å². The molecule has 0 spiro atoms. The molecule has 0 aliphatic carbocycles. The molecule has 15 heavy (non-hydrogen) atoms. The Morgan fingerprint density at radius 3 is 2.47 bits per heavy atom. The van der Waals surface area contributed by atoms with Gasteiger partial charge in [-0.15, -0.1) is 0 Å². The van der Waals surface area contributed by atoms with Crippen molar-refractivity contribution < 1.29 is 18.3 Å². The SMILES string of the molecule is CS(=O)(=O)NCCNC(=O)CCCCO. The Labute approximate surface area is 90.1 Å². The fraction of sp³-hybridized carbons (Fsp3) is 0.875. The Morgan fingerprint density at radius 1 is 1.27 bits per heavy atom. The first-order valence-corrected chi connectivity index (χ1v) is 6.67. The van der Waals surface area contributed by atoms with Crippen molar-refractivity contribution in [3.63, 3.8) is 0 Å². The van der Waals surface area contributed by atoms with E-state index < -0.39 is 10.0 Å². The van der Waals surface area contributed by atoms with E-state index in [1.54, 1.807) is 0 Å². The number of aliphatic hydroxyl groups is 1. The summed E-state index contributed by atoms with van der Waals surface area (Å²) in [7, 11) is -3.18. The van der Waals surface area contributed by atoms with Gasteiger partial charge in [0.1, 0.15) is 0 Å². The van der Waals surface area contributed by atoms with Crippen molar-refractivity contribution in [2.75, 3.05) is 26.0 Å². The molecule has 0 saturated carbocycles.